The van der Waals surface area contributed by atoms with Crippen LogP contribution >= 0.6 is 11.3 Å². The largest absolute Gasteiger partial charge is 0.550 e. The van der Waals surface area contributed by atoms with Gasteiger partial charge in [0.15, 0.2) is 11.5 Å². The number of thiazole rings is 1. The van der Waals surface area contributed by atoms with Crippen LogP contribution in [0.25, 0.3) is 21.9 Å². The molecule has 0 atom stereocenters. The highest BCUT2D eigenvalue weighted by Crippen LogP contribution is 2.33. The summed E-state index contributed by atoms with van der Waals surface area (Å²) in [4.78, 5) is 15.7. The molecule has 0 amide bonds. The number of para-hydroxylation sites is 1. The number of ether oxygens (including phenoxy) is 2. The molecule has 3 rings (SSSR count). The Kier molecular flexibility index (Phi) is 6.66. The van der Waals surface area contributed by atoms with Crippen LogP contribution in [0.1, 0.15) is 36.8 Å². The Morgan fingerprint density at radius 1 is 1.18 bits per heavy atom. The van der Waals surface area contributed by atoms with E-state index in [0.29, 0.717) is 24.5 Å². The third-order valence-electron chi connectivity index (χ3n) is 4.16. The van der Waals surface area contributed by atoms with Gasteiger partial charge in [-0.05, 0) is 60.7 Å². The van der Waals surface area contributed by atoms with Crippen LogP contribution < -0.4 is 14.6 Å². The quantitative estimate of drug-likeness (QED) is 0.543. The number of rotatable bonds is 9. The number of fused-ring (bicyclic) bond motifs is 1. The van der Waals surface area contributed by atoms with Gasteiger partial charge in [-0.15, -0.1) is 11.3 Å². The Hall–Kier alpha value is -2.86. The van der Waals surface area contributed by atoms with Gasteiger partial charge < -0.3 is 19.4 Å². The van der Waals surface area contributed by atoms with E-state index in [1.807, 2.05) is 55.5 Å². The summed E-state index contributed by atoms with van der Waals surface area (Å²) in [6.45, 7) is 2.67. The molecule has 0 saturated carbocycles. The highest BCUT2D eigenvalue weighted by molar-refractivity contribution is 7.19. The molecule has 0 spiro atoms. The molecule has 0 N–H and O–H groups in total. The maximum absolute atomic E-state index is 11.0. The second-order valence-electron chi connectivity index (χ2n) is 6.29. The predicted molar refractivity (Wildman–Crippen MR) is 111 cm³/mol. The topological polar surface area (TPSA) is 71.5 Å². The zero-order valence-electron chi connectivity index (χ0n) is 15.9. The lowest BCUT2D eigenvalue weighted by atomic mass is 10.1. The van der Waals surface area contributed by atoms with Crippen molar-refractivity contribution in [2.45, 2.75) is 26.2 Å². The zero-order valence-corrected chi connectivity index (χ0v) is 16.8. The molecular weight excluding hydrogens is 374 g/mol. The summed E-state index contributed by atoms with van der Waals surface area (Å²) in [5.74, 6) is 0.261. The first-order chi connectivity index (χ1) is 13.6. The average Bonchev–Trinajstić information content (AvgIpc) is 3.13. The van der Waals surface area contributed by atoms with Gasteiger partial charge in [-0.1, -0.05) is 25.1 Å². The highest BCUT2D eigenvalue weighted by Gasteiger charge is 2.11. The number of methoxy groups -OCH3 is 1. The molecule has 0 fully saturated rings. The van der Waals surface area contributed by atoms with Crippen molar-refractivity contribution in [3.63, 3.8) is 0 Å². The third kappa shape index (κ3) is 4.89. The van der Waals surface area contributed by atoms with Crippen LogP contribution in [0.4, 0.5) is 0 Å². The normalized spacial score (nSPS) is 11.6. The first-order valence-corrected chi connectivity index (χ1v) is 9.99. The molecule has 0 aliphatic heterocycles. The molecule has 146 valence electrons. The van der Waals surface area contributed by atoms with Gasteiger partial charge in [0.05, 0.1) is 23.9 Å². The number of allylic oxidation sites excluding steroid dienone is 1. The van der Waals surface area contributed by atoms with Crippen LogP contribution in [0.2, 0.25) is 0 Å². The monoisotopic (exact) mass is 396 g/mol. The van der Waals surface area contributed by atoms with Gasteiger partial charge >= 0.3 is 0 Å². The fourth-order valence-corrected chi connectivity index (χ4v) is 3.80. The standard InChI is InChI=1S/C22H23NO4S/c1-3-12-27-18-10-8-15(14-19(18)26-2)13-16(9-11-21(24)25)22-23-17-6-4-5-7-20(17)28-22/h4-8,10,13-14H,3,9,11-12H2,1-2H3,(H,24,25)/p-1/b16-13+. The second kappa shape index (κ2) is 9.37. The molecule has 2 aromatic carbocycles. The van der Waals surface area contributed by atoms with E-state index in [0.717, 1.165) is 32.8 Å². The van der Waals surface area contributed by atoms with E-state index in [1.165, 1.54) is 0 Å². The molecule has 3 aromatic rings. The first kappa shape index (κ1) is 19.9. The van der Waals surface area contributed by atoms with Gasteiger partial charge in [-0.2, -0.15) is 0 Å². The molecule has 28 heavy (non-hydrogen) atoms. The fourth-order valence-electron chi connectivity index (χ4n) is 2.79. The summed E-state index contributed by atoms with van der Waals surface area (Å²) in [7, 11) is 1.60. The fraction of sp³-hybridized carbons (Fsp3) is 0.273. The smallest absolute Gasteiger partial charge is 0.161 e. The summed E-state index contributed by atoms with van der Waals surface area (Å²) < 4.78 is 12.2. The second-order valence-corrected chi connectivity index (χ2v) is 7.32. The lowest BCUT2D eigenvalue weighted by molar-refractivity contribution is -0.305. The summed E-state index contributed by atoms with van der Waals surface area (Å²) in [6, 6.07) is 13.6. The average molecular weight is 396 g/mol. The molecule has 1 aromatic heterocycles. The number of hydrogen-bond donors (Lipinski definition) is 0. The lowest BCUT2D eigenvalue weighted by Gasteiger charge is -2.11. The molecule has 0 aliphatic carbocycles. The summed E-state index contributed by atoms with van der Waals surface area (Å²) in [6.07, 6.45) is 3.15. The number of aliphatic carboxylic acids is 1. The molecule has 0 radical (unpaired) electrons. The number of aromatic nitrogens is 1. The van der Waals surface area contributed by atoms with Gasteiger partial charge in [0.2, 0.25) is 0 Å². The molecule has 0 bridgehead atoms. The summed E-state index contributed by atoms with van der Waals surface area (Å²) in [5, 5.41) is 11.8. The SMILES string of the molecule is CCCOc1ccc(/C=C(\CCC(=O)[O-])c2nc3ccccc3s2)cc1OC. The molecule has 0 unspecified atom stereocenters. The number of carboxylic acid groups (broad SMARTS) is 1. The Balaban J connectivity index is 1.97. The van der Waals surface area contributed by atoms with Crippen LogP contribution in [0.15, 0.2) is 42.5 Å². The van der Waals surface area contributed by atoms with E-state index in [9.17, 15) is 9.90 Å². The Morgan fingerprint density at radius 2 is 2.00 bits per heavy atom. The number of carbonyl (C=O) groups is 1. The maximum atomic E-state index is 11.0. The van der Waals surface area contributed by atoms with E-state index in [4.69, 9.17) is 9.47 Å². The highest BCUT2D eigenvalue weighted by atomic mass is 32.1. The zero-order chi connectivity index (χ0) is 19.9. The van der Waals surface area contributed by atoms with Crippen LogP contribution in [0, 0.1) is 0 Å². The van der Waals surface area contributed by atoms with Gasteiger partial charge in [0.1, 0.15) is 5.01 Å². The maximum Gasteiger partial charge on any atom is 0.161 e. The van der Waals surface area contributed by atoms with Crippen molar-refractivity contribution in [1.82, 2.24) is 4.98 Å². The molecular formula is C22H22NO4S-. The first-order valence-electron chi connectivity index (χ1n) is 9.18. The molecule has 0 saturated heterocycles. The minimum absolute atomic E-state index is 0.0589. The van der Waals surface area contributed by atoms with E-state index in [1.54, 1.807) is 18.4 Å². The van der Waals surface area contributed by atoms with Crippen molar-refractivity contribution < 1.29 is 19.4 Å². The Morgan fingerprint density at radius 3 is 2.71 bits per heavy atom. The van der Waals surface area contributed by atoms with Crippen molar-refractivity contribution in [2.24, 2.45) is 0 Å². The minimum Gasteiger partial charge on any atom is -0.550 e. The molecule has 6 heteroatoms. The van der Waals surface area contributed by atoms with Crippen molar-refractivity contribution in [2.75, 3.05) is 13.7 Å². The lowest BCUT2D eigenvalue weighted by Crippen LogP contribution is -2.21. The number of nitrogens with zero attached hydrogens (tertiary/aromatic N) is 1. The van der Waals surface area contributed by atoms with Crippen molar-refractivity contribution in [3.05, 3.63) is 53.0 Å². The number of carbonyl (C=O) groups excluding carboxylic acids is 1. The van der Waals surface area contributed by atoms with Crippen molar-refractivity contribution >= 4 is 39.2 Å². The number of hydrogen-bond acceptors (Lipinski definition) is 6. The van der Waals surface area contributed by atoms with Gasteiger partial charge in [-0.3, -0.25) is 0 Å². The molecule has 5 nitrogen and oxygen atoms in total. The van der Waals surface area contributed by atoms with Gasteiger partial charge in [0.25, 0.3) is 0 Å². The van der Waals surface area contributed by atoms with Crippen molar-refractivity contribution in [1.29, 1.82) is 0 Å². The van der Waals surface area contributed by atoms with Crippen LogP contribution in [-0.4, -0.2) is 24.7 Å². The van der Waals surface area contributed by atoms with E-state index in [2.05, 4.69) is 4.98 Å². The van der Waals surface area contributed by atoms with Crippen LogP contribution in [-0.2, 0) is 4.79 Å². The van der Waals surface area contributed by atoms with E-state index in [-0.39, 0.29) is 6.42 Å². The molecule has 1 heterocycles. The van der Waals surface area contributed by atoms with E-state index >= 15 is 0 Å². The molecule has 0 aliphatic rings. The third-order valence-corrected chi connectivity index (χ3v) is 5.27. The van der Waals surface area contributed by atoms with Crippen LogP contribution in [0.3, 0.4) is 0 Å². The summed E-state index contributed by atoms with van der Waals surface area (Å²) in [5.41, 5.74) is 2.66. The number of benzene rings is 2. The van der Waals surface area contributed by atoms with Gasteiger partial charge in [0, 0.05) is 5.97 Å². The minimum atomic E-state index is -1.08. The van der Waals surface area contributed by atoms with Crippen molar-refractivity contribution in [3.8, 4) is 11.5 Å². The Bertz CT molecular complexity index is 960. The Labute approximate surface area is 168 Å². The number of carboxylic acids is 1. The predicted octanol–water partition coefficient (Wildman–Crippen LogP) is 4.16. The summed E-state index contributed by atoms with van der Waals surface area (Å²) >= 11 is 1.55. The van der Waals surface area contributed by atoms with E-state index < -0.39 is 5.97 Å². The van der Waals surface area contributed by atoms with Crippen LogP contribution in [0.5, 0.6) is 11.5 Å². The van der Waals surface area contributed by atoms with Gasteiger partial charge in [-0.25, -0.2) is 4.98 Å².